The van der Waals surface area contributed by atoms with Crippen LogP contribution in [0, 0.1) is 17.2 Å². The van der Waals surface area contributed by atoms with Crippen LogP contribution in [0.5, 0.6) is 0 Å². The Morgan fingerprint density at radius 1 is 1.53 bits per heavy atom. The molecule has 1 aromatic heterocycles. The van der Waals surface area contributed by atoms with Crippen molar-refractivity contribution in [2.45, 2.75) is 51.6 Å². The summed E-state index contributed by atoms with van der Waals surface area (Å²) in [6.07, 6.45) is 7.13. The highest BCUT2D eigenvalue weighted by Crippen LogP contribution is 2.23. The Labute approximate surface area is 102 Å². The normalized spacial score (nSPS) is 24.5. The van der Waals surface area contributed by atoms with Crippen LogP contribution in [0.4, 0.5) is 0 Å². The number of rotatable bonds is 4. The first-order valence-electron chi connectivity index (χ1n) is 6.40. The Morgan fingerprint density at radius 3 is 3.06 bits per heavy atom. The summed E-state index contributed by atoms with van der Waals surface area (Å²) in [4.78, 5) is 4.21. The van der Waals surface area contributed by atoms with E-state index in [0.717, 1.165) is 30.9 Å². The van der Waals surface area contributed by atoms with Crippen LogP contribution in [-0.2, 0) is 13.0 Å². The molecule has 4 nitrogen and oxygen atoms in total. The number of nitrogens with zero attached hydrogens (tertiary/aromatic N) is 2. The van der Waals surface area contributed by atoms with Crippen molar-refractivity contribution < 1.29 is 4.42 Å². The van der Waals surface area contributed by atoms with Gasteiger partial charge < -0.3 is 9.73 Å². The summed E-state index contributed by atoms with van der Waals surface area (Å²) in [5.74, 6) is 1.79. The van der Waals surface area contributed by atoms with Gasteiger partial charge >= 0.3 is 0 Å². The van der Waals surface area contributed by atoms with Crippen molar-refractivity contribution in [3.63, 3.8) is 0 Å². The second-order valence-corrected chi connectivity index (χ2v) is 4.58. The van der Waals surface area contributed by atoms with E-state index >= 15 is 0 Å². The monoisotopic (exact) mass is 233 g/mol. The third-order valence-electron chi connectivity index (χ3n) is 3.40. The number of aromatic nitrogens is 1. The Hall–Kier alpha value is -1.34. The van der Waals surface area contributed by atoms with E-state index in [1.54, 1.807) is 6.20 Å². The highest BCUT2D eigenvalue weighted by Gasteiger charge is 2.24. The fourth-order valence-corrected chi connectivity index (χ4v) is 2.34. The van der Waals surface area contributed by atoms with E-state index < -0.39 is 0 Å². The average molecular weight is 233 g/mol. The summed E-state index contributed by atoms with van der Waals surface area (Å²) in [7, 11) is 0. The molecule has 0 aliphatic heterocycles. The van der Waals surface area contributed by atoms with Gasteiger partial charge in [0.25, 0.3) is 0 Å². The van der Waals surface area contributed by atoms with Gasteiger partial charge in [-0.05, 0) is 12.8 Å². The quantitative estimate of drug-likeness (QED) is 0.867. The van der Waals surface area contributed by atoms with Crippen LogP contribution in [0.2, 0.25) is 0 Å². The van der Waals surface area contributed by atoms with Crippen LogP contribution < -0.4 is 5.32 Å². The van der Waals surface area contributed by atoms with Crippen molar-refractivity contribution in [1.29, 1.82) is 5.26 Å². The average Bonchev–Trinajstić information content (AvgIpc) is 2.84. The van der Waals surface area contributed by atoms with Crippen LogP contribution in [-0.4, -0.2) is 11.0 Å². The van der Waals surface area contributed by atoms with E-state index in [0.29, 0.717) is 12.6 Å². The minimum Gasteiger partial charge on any atom is -0.444 e. The summed E-state index contributed by atoms with van der Waals surface area (Å²) in [6, 6.07) is 2.69. The summed E-state index contributed by atoms with van der Waals surface area (Å²) < 4.78 is 5.54. The van der Waals surface area contributed by atoms with E-state index in [1.807, 2.05) is 6.92 Å². The Morgan fingerprint density at radius 2 is 2.35 bits per heavy atom. The lowest BCUT2D eigenvalue weighted by molar-refractivity contribution is 0.299. The largest absolute Gasteiger partial charge is 0.444 e. The molecule has 1 fully saturated rings. The molecule has 2 atom stereocenters. The summed E-state index contributed by atoms with van der Waals surface area (Å²) in [5, 5.41) is 12.5. The topological polar surface area (TPSA) is 61.9 Å². The molecule has 92 valence electrons. The molecule has 0 amide bonds. The zero-order valence-electron chi connectivity index (χ0n) is 10.3. The van der Waals surface area contributed by atoms with Gasteiger partial charge in [0.1, 0.15) is 5.76 Å². The molecule has 1 saturated carbocycles. The van der Waals surface area contributed by atoms with E-state index in [9.17, 15) is 0 Å². The third kappa shape index (κ3) is 3.07. The molecule has 4 heteroatoms. The van der Waals surface area contributed by atoms with Gasteiger partial charge in [0, 0.05) is 12.5 Å². The van der Waals surface area contributed by atoms with Gasteiger partial charge in [0.15, 0.2) is 0 Å². The summed E-state index contributed by atoms with van der Waals surface area (Å²) >= 11 is 0. The standard InChI is InChI=1S/C13H19N3O/c1-2-11-8-16-13(17-11)9-15-12-6-4-3-5-10(12)7-14/h8,10,12,15H,2-6,9H2,1H3. The number of hydrogen-bond donors (Lipinski definition) is 1. The second kappa shape index (κ2) is 5.83. The van der Waals surface area contributed by atoms with Crippen LogP contribution >= 0.6 is 0 Å². The molecular formula is C13H19N3O. The number of aryl methyl sites for hydroxylation is 1. The van der Waals surface area contributed by atoms with Crippen molar-refractivity contribution in [3.05, 3.63) is 17.8 Å². The molecule has 0 saturated heterocycles. The van der Waals surface area contributed by atoms with Crippen LogP contribution in [0.25, 0.3) is 0 Å². The molecule has 0 spiro atoms. The van der Waals surface area contributed by atoms with E-state index in [4.69, 9.17) is 9.68 Å². The van der Waals surface area contributed by atoms with Gasteiger partial charge in [0.05, 0.1) is 24.7 Å². The first-order chi connectivity index (χ1) is 8.33. The number of nitriles is 1. The molecule has 17 heavy (non-hydrogen) atoms. The molecule has 0 aromatic carbocycles. The fourth-order valence-electron chi connectivity index (χ4n) is 2.34. The van der Waals surface area contributed by atoms with E-state index in [1.165, 1.54) is 12.8 Å². The molecule has 0 radical (unpaired) electrons. The maximum Gasteiger partial charge on any atom is 0.208 e. The molecule has 1 aliphatic carbocycles. The lowest BCUT2D eigenvalue weighted by Gasteiger charge is -2.27. The highest BCUT2D eigenvalue weighted by molar-refractivity contribution is 4.97. The number of hydrogen-bond acceptors (Lipinski definition) is 4. The van der Waals surface area contributed by atoms with Gasteiger partial charge in [-0.1, -0.05) is 19.8 Å². The molecule has 1 aromatic rings. The van der Waals surface area contributed by atoms with Crippen LogP contribution in [0.15, 0.2) is 10.6 Å². The fraction of sp³-hybridized carbons (Fsp3) is 0.692. The zero-order chi connectivity index (χ0) is 12.1. The molecule has 0 bridgehead atoms. The van der Waals surface area contributed by atoms with Gasteiger partial charge in [-0.25, -0.2) is 4.98 Å². The minimum atomic E-state index is 0.143. The SMILES string of the molecule is CCc1cnc(CNC2CCCCC2C#N)o1. The lowest BCUT2D eigenvalue weighted by atomic mass is 9.85. The van der Waals surface area contributed by atoms with E-state index in [-0.39, 0.29) is 5.92 Å². The molecule has 1 heterocycles. The number of oxazole rings is 1. The third-order valence-corrected chi connectivity index (χ3v) is 3.40. The van der Waals surface area contributed by atoms with Crippen molar-refractivity contribution in [3.8, 4) is 6.07 Å². The minimum absolute atomic E-state index is 0.143. The summed E-state index contributed by atoms with van der Waals surface area (Å²) in [6.45, 7) is 2.67. The van der Waals surface area contributed by atoms with Crippen LogP contribution in [0.1, 0.15) is 44.3 Å². The number of nitrogens with one attached hydrogen (secondary N) is 1. The van der Waals surface area contributed by atoms with Gasteiger partial charge in [-0.2, -0.15) is 5.26 Å². The first-order valence-corrected chi connectivity index (χ1v) is 6.40. The Kier molecular flexibility index (Phi) is 4.16. The Bertz CT molecular complexity index is 394. The van der Waals surface area contributed by atoms with Gasteiger partial charge in [0.2, 0.25) is 5.89 Å². The smallest absolute Gasteiger partial charge is 0.208 e. The lowest BCUT2D eigenvalue weighted by Crippen LogP contribution is -2.37. The van der Waals surface area contributed by atoms with Crippen molar-refractivity contribution >= 4 is 0 Å². The van der Waals surface area contributed by atoms with Gasteiger partial charge in [-0.3, -0.25) is 0 Å². The van der Waals surface area contributed by atoms with Crippen LogP contribution in [0.3, 0.4) is 0 Å². The predicted octanol–water partition coefficient (Wildman–Crippen LogP) is 2.41. The maximum absolute atomic E-state index is 9.07. The molecule has 1 aliphatic rings. The van der Waals surface area contributed by atoms with Crippen molar-refractivity contribution in [2.75, 3.05) is 0 Å². The maximum atomic E-state index is 9.07. The molecule has 1 N–H and O–H groups in total. The van der Waals surface area contributed by atoms with E-state index in [2.05, 4.69) is 16.4 Å². The van der Waals surface area contributed by atoms with Crippen molar-refractivity contribution in [1.82, 2.24) is 10.3 Å². The highest BCUT2D eigenvalue weighted by atomic mass is 16.4. The van der Waals surface area contributed by atoms with Crippen molar-refractivity contribution in [2.24, 2.45) is 5.92 Å². The molecule has 2 unspecified atom stereocenters. The molecule has 2 rings (SSSR count). The first kappa shape index (κ1) is 12.1. The Balaban J connectivity index is 1.86. The predicted molar refractivity (Wildman–Crippen MR) is 64.1 cm³/mol. The second-order valence-electron chi connectivity index (χ2n) is 4.58. The summed E-state index contributed by atoms with van der Waals surface area (Å²) in [5.41, 5.74) is 0. The van der Waals surface area contributed by atoms with Gasteiger partial charge in [-0.15, -0.1) is 0 Å². The molecular weight excluding hydrogens is 214 g/mol. The zero-order valence-corrected chi connectivity index (χ0v) is 10.3.